The molecule has 1 saturated carbocycles. The SMILES string of the molecule is O=C1N(C2CCCCCC2)CC1(Br)c1ccccc1. The highest BCUT2D eigenvalue weighted by molar-refractivity contribution is 9.10. The highest BCUT2D eigenvalue weighted by Gasteiger charge is 2.53. The zero-order chi connectivity index (χ0) is 13.3. The van der Waals surface area contributed by atoms with E-state index in [4.69, 9.17) is 0 Å². The lowest BCUT2D eigenvalue weighted by atomic mass is 9.87. The van der Waals surface area contributed by atoms with Gasteiger partial charge in [-0.3, -0.25) is 4.79 Å². The fourth-order valence-electron chi connectivity index (χ4n) is 3.29. The molecule has 102 valence electrons. The monoisotopic (exact) mass is 321 g/mol. The number of likely N-dealkylation sites (tertiary alicyclic amines) is 1. The standard InChI is InChI=1S/C16H20BrNO/c17-16(13-8-4-3-5-9-13)12-18(15(16)19)14-10-6-1-2-7-11-14/h3-5,8-9,14H,1-2,6-7,10-12H2. The van der Waals surface area contributed by atoms with Gasteiger partial charge in [-0.1, -0.05) is 71.9 Å². The fourth-order valence-corrected chi connectivity index (χ4v) is 4.05. The number of alkyl halides is 1. The molecule has 0 aromatic heterocycles. The molecule has 1 aliphatic carbocycles. The first-order chi connectivity index (χ1) is 9.22. The molecular weight excluding hydrogens is 302 g/mol. The van der Waals surface area contributed by atoms with E-state index in [1.54, 1.807) is 0 Å². The summed E-state index contributed by atoms with van der Waals surface area (Å²) in [6.45, 7) is 0.820. The summed E-state index contributed by atoms with van der Waals surface area (Å²) in [6.07, 6.45) is 7.57. The van der Waals surface area contributed by atoms with Crippen LogP contribution in [0.3, 0.4) is 0 Å². The number of halogens is 1. The van der Waals surface area contributed by atoms with Crippen molar-refractivity contribution in [2.75, 3.05) is 6.54 Å². The zero-order valence-electron chi connectivity index (χ0n) is 11.1. The van der Waals surface area contributed by atoms with Crippen LogP contribution in [0.1, 0.15) is 44.1 Å². The molecule has 1 aliphatic heterocycles. The van der Waals surface area contributed by atoms with Crippen LogP contribution in [0.5, 0.6) is 0 Å². The smallest absolute Gasteiger partial charge is 0.246 e. The van der Waals surface area contributed by atoms with Crippen molar-refractivity contribution in [3.63, 3.8) is 0 Å². The van der Waals surface area contributed by atoms with E-state index in [0.717, 1.165) is 12.1 Å². The van der Waals surface area contributed by atoms with Gasteiger partial charge in [0, 0.05) is 12.6 Å². The van der Waals surface area contributed by atoms with Crippen LogP contribution in [0.4, 0.5) is 0 Å². The summed E-state index contributed by atoms with van der Waals surface area (Å²) in [5.41, 5.74) is 1.09. The minimum absolute atomic E-state index is 0.255. The maximum atomic E-state index is 12.6. The molecule has 1 aromatic rings. The van der Waals surface area contributed by atoms with Crippen LogP contribution in [0.25, 0.3) is 0 Å². The molecule has 3 rings (SSSR count). The van der Waals surface area contributed by atoms with Crippen molar-refractivity contribution in [2.24, 2.45) is 0 Å². The second-order valence-electron chi connectivity index (χ2n) is 5.75. The normalized spacial score (nSPS) is 28.9. The first kappa shape index (κ1) is 13.2. The van der Waals surface area contributed by atoms with Crippen LogP contribution in [-0.4, -0.2) is 23.4 Å². The van der Waals surface area contributed by atoms with Gasteiger partial charge in [0.1, 0.15) is 4.32 Å². The molecule has 0 radical (unpaired) electrons. The van der Waals surface area contributed by atoms with Crippen molar-refractivity contribution in [1.82, 2.24) is 4.90 Å². The third-order valence-corrected chi connectivity index (χ3v) is 5.53. The van der Waals surface area contributed by atoms with E-state index in [2.05, 4.69) is 20.8 Å². The third-order valence-electron chi connectivity index (χ3n) is 4.48. The number of β-lactam (4-membered cyclic amide) rings is 1. The van der Waals surface area contributed by atoms with E-state index in [1.165, 1.54) is 38.5 Å². The van der Waals surface area contributed by atoms with E-state index in [0.29, 0.717) is 6.04 Å². The summed E-state index contributed by atoms with van der Waals surface area (Å²) in [5.74, 6) is 0.255. The predicted octanol–water partition coefficient (Wildman–Crippen LogP) is 3.84. The van der Waals surface area contributed by atoms with E-state index in [1.807, 2.05) is 30.3 Å². The molecule has 2 aliphatic rings. The van der Waals surface area contributed by atoms with Gasteiger partial charge in [0.2, 0.25) is 5.91 Å². The van der Waals surface area contributed by atoms with Crippen LogP contribution in [0.2, 0.25) is 0 Å². The predicted molar refractivity (Wildman–Crippen MR) is 80.3 cm³/mol. The summed E-state index contributed by atoms with van der Waals surface area (Å²) in [5, 5.41) is 0. The number of hydrogen-bond donors (Lipinski definition) is 0. The molecule has 2 nitrogen and oxygen atoms in total. The second kappa shape index (κ2) is 5.28. The highest BCUT2D eigenvalue weighted by atomic mass is 79.9. The number of benzene rings is 1. The minimum atomic E-state index is -0.458. The Morgan fingerprint density at radius 1 is 1.05 bits per heavy atom. The minimum Gasteiger partial charge on any atom is -0.336 e. The van der Waals surface area contributed by atoms with Crippen molar-refractivity contribution in [3.05, 3.63) is 35.9 Å². The van der Waals surface area contributed by atoms with Crippen LogP contribution in [-0.2, 0) is 9.12 Å². The zero-order valence-corrected chi connectivity index (χ0v) is 12.7. The maximum absolute atomic E-state index is 12.6. The highest BCUT2D eigenvalue weighted by Crippen LogP contribution is 2.44. The quantitative estimate of drug-likeness (QED) is 0.460. The summed E-state index contributed by atoms with van der Waals surface area (Å²) in [4.78, 5) is 14.7. The first-order valence-corrected chi connectivity index (χ1v) is 8.06. The molecule has 3 heteroatoms. The Morgan fingerprint density at radius 3 is 2.26 bits per heavy atom. The number of amides is 1. The molecule has 2 fully saturated rings. The Bertz CT molecular complexity index is 453. The Balaban J connectivity index is 1.72. The van der Waals surface area contributed by atoms with Crippen molar-refractivity contribution in [2.45, 2.75) is 48.9 Å². The van der Waals surface area contributed by atoms with Gasteiger partial charge in [-0.05, 0) is 18.4 Å². The van der Waals surface area contributed by atoms with Gasteiger partial charge in [0.25, 0.3) is 0 Å². The number of rotatable bonds is 2. The van der Waals surface area contributed by atoms with Crippen molar-refractivity contribution >= 4 is 21.8 Å². The van der Waals surface area contributed by atoms with Gasteiger partial charge >= 0.3 is 0 Å². The molecule has 19 heavy (non-hydrogen) atoms. The number of nitrogens with zero attached hydrogens (tertiary/aromatic N) is 1. The third kappa shape index (κ3) is 2.33. The Labute approximate surface area is 123 Å². The average molecular weight is 322 g/mol. The molecule has 0 bridgehead atoms. The lowest BCUT2D eigenvalue weighted by molar-refractivity contribution is -0.148. The van der Waals surface area contributed by atoms with Gasteiger partial charge in [0.05, 0.1) is 0 Å². The van der Waals surface area contributed by atoms with Gasteiger partial charge in [-0.25, -0.2) is 0 Å². The Morgan fingerprint density at radius 2 is 1.68 bits per heavy atom. The Kier molecular flexibility index (Phi) is 3.66. The fraction of sp³-hybridized carbons (Fsp3) is 0.562. The molecule has 1 aromatic carbocycles. The molecule has 1 heterocycles. The Hall–Kier alpha value is -0.830. The summed E-state index contributed by atoms with van der Waals surface area (Å²) in [7, 11) is 0. The van der Waals surface area contributed by atoms with Crippen molar-refractivity contribution in [1.29, 1.82) is 0 Å². The lowest BCUT2D eigenvalue weighted by Gasteiger charge is -2.49. The van der Waals surface area contributed by atoms with Crippen LogP contribution < -0.4 is 0 Å². The van der Waals surface area contributed by atoms with Crippen LogP contribution >= 0.6 is 15.9 Å². The molecule has 1 unspecified atom stereocenters. The number of carbonyl (C=O) groups excluding carboxylic acids is 1. The average Bonchev–Trinajstić information content (AvgIpc) is 2.73. The lowest BCUT2D eigenvalue weighted by Crippen LogP contribution is -2.64. The van der Waals surface area contributed by atoms with Gasteiger partial charge in [-0.2, -0.15) is 0 Å². The van der Waals surface area contributed by atoms with Crippen LogP contribution in [0.15, 0.2) is 30.3 Å². The van der Waals surface area contributed by atoms with E-state index >= 15 is 0 Å². The molecule has 0 N–H and O–H groups in total. The van der Waals surface area contributed by atoms with Crippen LogP contribution in [0, 0.1) is 0 Å². The number of carbonyl (C=O) groups is 1. The van der Waals surface area contributed by atoms with Crippen molar-refractivity contribution < 1.29 is 4.79 Å². The largest absolute Gasteiger partial charge is 0.336 e. The van der Waals surface area contributed by atoms with Crippen molar-refractivity contribution in [3.8, 4) is 0 Å². The van der Waals surface area contributed by atoms with E-state index in [9.17, 15) is 4.79 Å². The molecule has 1 atom stereocenters. The molecule has 1 saturated heterocycles. The van der Waals surface area contributed by atoms with E-state index in [-0.39, 0.29) is 5.91 Å². The molecule has 1 amide bonds. The first-order valence-electron chi connectivity index (χ1n) is 7.27. The van der Waals surface area contributed by atoms with Gasteiger partial charge in [0.15, 0.2) is 0 Å². The summed E-state index contributed by atoms with van der Waals surface area (Å²) in [6, 6.07) is 10.5. The van der Waals surface area contributed by atoms with E-state index < -0.39 is 4.32 Å². The summed E-state index contributed by atoms with van der Waals surface area (Å²) < 4.78 is -0.458. The maximum Gasteiger partial charge on any atom is 0.246 e. The van der Waals surface area contributed by atoms with Gasteiger partial charge in [-0.15, -0.1) is 0 Å². The topological polar surface area (TPSA) is 20.3 Å². The molecule has 0 spiro atoms. The number of hydrogen-bond acceptors (Lipinski definition) is 1. The summed E-state index contributed by atoms with van der Waals surface area (Å²) >= 11 is 3.68. The second-order valence-corrected chi connectivity index (χ2v) is 7.10. The van der Waals surface area contributed by atoms with Gasteiger partial charge < -0.3 is 4.90 Å². The molecular formula is C16H20BrNO.